The average molecular weight is 417 g/mol. The zero-order valence-electron chi connectivity index (χ0n) is 17.3. The van der Waals surface area contributed by atoms with Gasteiger partial charge < -0.3 is 15.3 Å². The molecular formula is C21H28N4O3S. The number of aryl methyl sites for hydroxylation is 1. The molecule has 4 rings (SSSR count). The SMILES string of the molecule is CCS(=O)(=O)c1ccc(Nc2ncc3c(n2)N(C(C)C)C(O)C32CCC2)c(C)c1. The molecule has 2 aliphatic rings. The molecule has 8 heteroatoms. The highest BCUT2D eigenvalue weighted by Crippen LogP contribution is 2.55. The number of nitrogens with zero attached hydrogens (tertiary/aromatic N) is 3. The Hall–Kier alpha value is -2.19. The molecule has 1 aromatic carbocycles. The van der Waals surface area contributed by atoms with Crippen LogP contribution in [0.5, 0.6) is 0 Å². The van der Waals surface area contributed by atoms with Crippen molar-refractivity contribution in [3.8, 4) is 0 Å². The molecule has 1 aromatic heterocycles. The van der Waals surface area contributed by atoms with Gasteiger partial charge in [0.15, 0.2) is 9.84 Å². The van der Waals surface area contributed by atoms with E-state index < -0.39 is 16.1 Å². The van der Waals surface area contributed by atoms with Gasteiger partial charge in [-0.25, -0.2) is 13.4 Å². The number of hydrogen-bond acceptors (Lipinski definition) is 7. The molecule has 1 spiro atoms. The van der Waals surface area contributed by atoms with E-state index in [1.807, 2.05) is 18.0 Å². The zero-order valence-corrected chi connectivity index (χ0v) is 18.1. The van der Waals surface area contributed by atoms with Crippen LogP contribution in [0.25, 0.3) is 0 Å². The smallest absolute Gasteiger partial charge is 0.229 e. The van der Waals surface area contributed by atoms with Crippen LogP contribution in [0.3, 0.4) is 0 Å². The molecule has 0 amide bonds. The lowest BCUT2D eigenvalue weighted by Crippen LogP contribution is -2.51. The van der Waals surface area contributed by atoms with Gasteiger partial charge in [-0.2, -0.15) is 4.98 Å². The van der Waals surface area contributed by atoms with Crippen molar-refractivity contribution in [2.45, 2.75) is 69.5 Å². The first-order valence-electron chi connectivity index (χ1n) is 10.1. The molecule has 1 atom stereocenters. The topological polar surface area (TPSA) is 95.4 Å². The Morgan fingerprint density at radius 3 is 2.62 bits per heavy atom. The fourth-order valence-electron chi connectivity index (χ4n) is 4.37. The van der Waals surface area contributed by atoms with E-state index in [-0.39, 0.29) is 17.2 Å². The van der Waals surface area contributed by atoms with Crippen molar-refractivity contribution in [2.75, 3.05) is 16.0 Å². The van der Waals surface area contributed by atoms with Crippen LogP contribution < -0.4 is 10.2 Å². The zero-order chi connectivity index (χ0) is 21.0. The summed E-state index contributed by atoms with van der Waals surface area (Å²) in [5, 5.41) is 14.2. The maximum atomic E-state index is 12.1. The number of hydrogen-bond donors (Lipinski definition) is 2. The molecule has 2 heterocycles. The van der Waals surface area contributed by atoms with Crippen LogP contribution in [0.2, 0.25) is 0 Å². The number of aromatic nitrogens is 2. The number of anilines is 3. The lowest BCUT2D eigenvalue weighted by molar-refractivity contribution is 0.0356. The van der Waals surface area contributed by atoms with E-state index in [9.17, 15) is 13.5 Å². The second kappa shape index (κ2) is 6.95. The maximum absolute atomic E-state index is 12.1. The van der Waals surface area contributed by atoms with Crippen molar-refractivity contribution in [3.05, 3.63) is 35.5 Å². The minimum absolute atomic E-state index is 0.0717. The lowest BCUT2D eigenvalue weighted by atomic mass is 9.65. The summed E-state index contributed by atoms with van der Waals surface area (Å²) in [5.74, 6) is 1.29. The summed E-state index contributed by atoms with van der Waals surface area (Å²) >= 11 is 0. The summed E-state index contributed by atoms with van der Waals surface area (Å²) in [4.78, 5) is 11.5. The summed E-state index contributed by atoms with van der Waals surface area (Å²) in [6, 6.07) is 5.14. The fourth-order valence-corrected chi connectivity index (χ4v) is 5.34. The minimum atomic E-state index is -3.24. The number of fused-ring (bicyclic) bond motifs is 2. The molecule has 0 bridgehead atoms. The highest BCUT2D eigenvalue weighted by atomic mass is 32.2. The summed E-state index contributed by atoms with van der Waals surface area (Å²) in [7, 11) is -3.24. The Morgan fingerprint density at radius 1 is 1.34 bits per heavy atom. The number of aliphatic hydroxyl groups excluding tert-OH is 1. The average Bonchev–Trinajstić information content (AvgIpc) is 2.91. The fraction of sp³-hybridized carbons (Fsp3) is 0.524. The first-order chi connectivity index (χ1) is 13.7. The van der Waals surface area contributed by atoms with Crippen LogP contribution in [0.1, 0.15) is 51.2 Å². The van der Waals surface area contributed by atoms with Gasteiger partial charge in [-0.1, -0.05) is 13.3 Å². The summed E-state index contributed by atoms with van der Waals surface area (Å²) in [5.41, 5.74) is 2.34. The molecular weight excluding hydrogens is 388 g/mol. The Morgan fingerprint density at radius 2 is 2.07 bits per heavy atom. The van der Waals surface area contributed by atoms with E-state index in [4.69, 9.17) is 4.98 Å². The minimum Gasteiger partial charge on any atom is -0.373 e. The second-order valence-corrected chi connectivity index (χ2v) is 10.6. The molecule has 1 unspecified atom stereocenters. The van der Waals surface area contributed by atoms with Crippen LogP contribution in [0, 0.1) is 6.92 Å². The Bertz CT molecular complexity index is 1050. The van der Waals surface area contributed by atoms with Gasteiger partial charge in [0.25, 0.3) is 0 Å². The number of benzene rings is 1. The predicted molar refractivity (Wildman–Crippen MR) is 113 cm³/mol. The van der Waals surface area contributed by atoms with Crippen LogP contribution in [-0.4, -0.2) is 41.5 Å². The molecule has 156 valence electrons. The van der Waals surface area contributed by atoms with Gasteiger partial charge in [0.2, 0.25) is 5.95 Å². The van der Waals surface area contributed by atoms with Crippen molar-refractivity contribution < 1.29 is 13.5 Å². The quantitative estimate of drug-likeness (QED) is 0.772. The molecule has 1 saturated carbocycles. The van der Waals surface area contributed by atoms with Gasteiger partial charge in [-0.05, 0) is 57.4 Å². The van der Waals surface area contributed by atoms with Gasteiger partial charge in [-0.15, -0.1) is 0 Å². The Kier molecular flexibility index (Phi) is 4.82. The molecule has 0 saturated heterocycles. The standard InChI is InChI=1S/C21H28N4O3S/c1-5-29(27,28)15-7-8-17(14(4)11-15)23-20-22-12-16-18(24-20)25(13(2)3)19(26)21(16)9-6-10-21/h7-8,11-13,19,26H,5-6,9-10H2,1-4H3,(H,22,23,24). The van der Waals surface area contributed by atoms with Gasteiger partial charge in [0.05, 0.1) is 10.6 Å². The molecule has 2 N–H and O–H groups in total. The number of sulfone groups is 1. The molecule has 2 aromatic rings. The third kappa shape index (κ3) is 3.09. The van der Waals surface area contributed by atoms with Gasteiger partial charge >= 0.3 is 0 Å². The molecule has 1 aliphatic carbocycles. The van der Waals surface area contributed by atoms with Crippen LogP contribution in [0.15, 0.2) is 29.3 Å². The Balaban J connectivity index is 1.67. The van der Waals surface area contributed by atoms with Crippen LogP contribution >= 0.6 is 0 Å². The van der Waals surface area contributed by atoms with E-state index in [0.717, 1.165) is 41.9 Å². The van der Waals surface area contributed by atoms with Crippen molar-refractivity contribution in [1.29, 1.82) is 0 Å². The van der Waals surface area contributed by atoms with Crippen LogP contribution in [-0.2, 0) is 15.3 Å². The largest absolute Gasteiger partial charge is 0.373 e. The highest BCUT2D eigenvalue weighted by molar-refractivity contribution is 7.91. The highest BCUT2D eigenvalue weighted by Gasteiger charge is 2.55. The van der Waals surface area contributed by atoms with E-state index in [1.54, 1.807) is 25.1 Å². The van der Waals surface area contributed by atoms with E-state index >= 15 is 0 Å². The number of rotatable bonds is 5. The molecule has 29 heavy (non-hydrogen) atoms. The molecule has 1 aliphatic heterocycles. The van der Waals surface area contributed by atoms with E-state index in [2.05, 4.69) is 24.1 Å². The Labute approximate surface area is 172 Å². The molecule has 7 nitrogen and oxygen atoms in total. The molecule has 0 radical (unpaired) electrons. The number of nitrogens with one attached hydrogen (secondary N) is 1. The lowest BCUT2D eigenvalue weighted by Gasteiger charge is -2.43. The van der Waals surface area contributed by atoms with Crippen molar-refractivity contribution >= 4 is 27.3 Å². The van der Waals surface area contributed by atoms with Gasteiger partial charge in [0.1, 0.15) is 12.0 Å². The number of aliphatic hydroxyl groups is 1. The summed E-state index contributed by atoms with van der Waals surface area (Å²) in [6.07, 6.45) is 4.27. The normalized spacial score (nSPS) is 20.1. The van der Waals surface area contributed by atoms with Crippen molar-refractivity contribution in [1.82, 2.24) is 9.97 Å². The predicted octanol–water partition coefficient (Wildman–Crippen LogP) is 3.29. The maximum Gasteiger partial charge on any atom is 0.229 e. The monoisotopic (exact) mass is 416 g/mol. The van der Waals surface area contributed by atoms with E-state index in [1.165, 1.54) is 0 Å². The third-order valence-electron chi connectivity index (χ3n) is 6.29. The first kappa shape index (κ1) is 20.1. The second-order valence-electron chi connectivity index (χ2n) is 8.32. The van der Waals surface area contributed by atoms with Crippen molar-refractivity contribution in [2.24, 2.45) is 0 Å². The third-order valence-corrected chi connectivity index (χ3v) is 8.03. The summed E-state index contributed by atoms with van der Waals surface area (Å²) in [6.45, 7) is 7.60. The van der Waals surface area contributed by atoms with Gasteiger partial charge in [0, 0.05) is 28.9 Å². The van der Waals surface area contributed by atoms with E-state index in [0.29, 0.717) is 10.8 Å². The summed E-state index contributed by atoms with van der Waals surface area (Å²) < 4.78 is 24.2. The van der Waals surface area contributed by atoms with Crippen molar-refractivity contribution in [3.63, 3.8) is 0 Å². The van der Waals surface area contributed by atoms with Gasteiger partial charge in [-0.3, -0.25) is 0 Å². The first-order valence-corrected chi connectivity index (χ1v) is 11.8. The molecule has 1 fully saturated rings. The van der Waals surface area contributed by atoms with Crippen LogP contribution in [0.4, 0.5) is 17.5 Å².